The quantitative estimate of drug-likeness (QED) is 0.392. The fourth-order valence-corrected chi connectivity index (χ4v) is 5.56. The van der Waals surface area contributed by atoms with E-state index in [1.165, 1.54) is 18.4 Å². The first-order valence-electron chi connectivity index (χ1n) is 12.6. The minimum absolute atomic E-state index is 0.0353. The van der Waals surface area contributed by atoms with E-state index in [1.807, 2.05) is 34.6 Å². The van der Waals surface area contributed by atoms with Crippen molar-refractivity contribution in [3.63, 3.8) is 0 Å². The van der Waals surface area contributed by atoms with E-state index in [1.54, 1.807) is 10.3 Å². The third kappa shape index (κ3) is 8.15. The van der Waals surface area contributed by atoms with E-state index in [0.717, 1.165) is 0 Å². The summed E-state index contributed by atoms with van der Waals surface area (Å²) < 4.78 is 16.6. The highest BCUT2D eigenvalue weighted by Crippen LogP contribution is 2.36. The molecule has 0 spiro atoms. The summed E-state index contributed by atoms with van der Waals surface area (Å²) in [7, 11) is -0.846. The van der Waals surface area contributed by atoms with Crippen LogP contribution < -0.4 is 10.2 Å². The molecule has 0 saturated carbocycles. The Balaban J connectivity index is 2.08. The summed E-state index contributed by atoms with van der Waals surface area (Å²) in [6.45, 7) is 21.1. The van der Waals surface area contributed by atoms with E-state index < -0.39 is 31.8 Å². The lowest BCUT2D eigenvalue weighted by Gasteiger charge is -2.44. The SMILES string of the molecule is COC(=O)[C@H](CO[Si](C)(C)C(C)(C)C)NC(=O)c1csc(N2C[C@@H](C)N(C(=O)OC(C)(C)C)[C@@H](C)C2)n1. The molecule has 2 amide bonds. The van der Waals surface area contributed by atoms with E-state index in [4.69, 9.17) is 13.9 Å². The van der Waals surface area contributed by atoms with Gasteiger partial charge in [0.05, 0.1) is 25.8 Å². The van der Waals surface area contributed by atoms with E-state index in [0.29, 0.717) is 18.2 Å². The number of amides is 2. The molecule has 1 aromatic heterocycles. The molecule has 1 aliphatic heterocycles. The van der Waals surface area contributed by atoms with E-state index >= 15 is 0 Å². The molecule has 0 bridgehead atoms. The van der Waals surface area contributed by atoms with Crippen molar-refractivity contribution < 1.29 is 28.3 Å². The van der Waals surface area contributed by atoms with Crippen molar-refractivity contribution in [1.82, 2.24) is 15.2 Å². The molecule has 0 aromatic carbocycles. The molecular formula is C25H44N4O6SSi. The maximum absolute atomic E-state index is 13.0. The summed E-state index contributed by atoms with van der Waals surface area (Å²) >= 11 is 1.35. The molecule has 2 rings (SSSR count). The molecular weight excluding hydrogens is 512 g/mol. The van der Waals surface area contributed by atoms with Crippen molar-refractivity contribution in [2.45, 2.75) is 97.2 Å². The van der Waals surface area contributed by atoms with Gasteiger partial charge >= 0.3 is 12.1 Å². The minimum atomic E-state index is -2.13. The maximum Gasteiger partial charge on any atom is 0.410 e. The minimum Gasteiger partial charge on any atom is -0.467 e. The van der Waals surface area contributed by atoms with Crippen molar-refractivity contribution in [1.29, 1.82) is 0 Å². The Morgan fingerprint density at radius 2 is 1.70 bits per heavy atom. The molecule has 1 aromatic rings. The van der Waals surface area contributed by atoms with Crippen molar-refractivity contribution in [2.24, 2.45) is 0 Å². The van der Waals surface area contributed by atoms with Crippen molar-refractivity contribution in [3.05, 3.63) is 11.1 Å². The summed E-state index contributed by atoms with van der Waals surface area (Å²) in [5, 5.41) is 5.04. The van der Waals surface area contributed by atoms with Gasteiger partial charge < -0.3 is 24.1 Å². The number of ether oxygens (including phenoxy) is 2. The van der Waals surface area contributed by atoms with Crippen LogP contribution in [-0.4, -0.2) is 86.7 Å². The predicted octanol–water partition coefficient (Wildman–Crippen LogP) is 4.27. The van der Waals surface area contributed by atoms with Gasteiger partial charge in [0.25, 0.3) is 5.91 Å². The number of nitrogens with zero attached hydrogens (tertiary/aromatic N) is 3. The lowest BCUT2D eigenvalue weighted by molar-refractivity contribution is -0.143. The topological polar surface area (TPSA) is 110 Å². The maximum atomic E-state index is 13.0. The Labute approximate surface area is 226 Å². The van der Waals surface area contributed by atoms with Gasteiger partial charge in [-0.15, -0.1) is 11.3 Å². The molecule has 210 valence electrons. The first-order chi connectivity index (χ1) is 16.9. The molecule has 1 aliphatic rings. The second-order valence-corrected chi connectivity index (χ2v) is 17.8. The van der Waals surface area contributed by atoms with Gasteiger partial charge in [0.15, 0.2) is 13.4 Å². The molecule has 3 atom stereocenters. The van der Waals surface area contributed by atoms with Gasteiger partial charge in [0.2, 0.25) is 0 Å². The van der Waals surface area contributed by atoms with Gasteiger partial charge in [0, 0.05) is 18.5 Å². The molecule has 12 heteroatoms. The van der Waals surface area contributed by atoms with Crippen molar-refractivity contribution >= 4 is 42.8 Å². The lowest BCUT2D eigenvalue weighted by atomic mass is 10.1. The van der Waals surface area contributed by atoms with Gasteiger partial charge in [-0.05, 0) is 52.8 Å². The van der Waals surface area contributed by atoms with Gasteiger partial charge in [-0.3, -0.25) is 9.69 Å². The fourth-order valence-electron chi connectivity index (χ4n) is 3.72. The highest BCUT2D eigenvalue weighted by Gasteiger charge is 2.39. The average molecular weight is 557 g/mol. The molecule has 0 aliphatic carbocycles. The summed E-state index contributed by atoms with van der Waals surface area (Å²) in [6, 6.07) is -1.14. The van der Waals surface area contributed by atoms with Crippen LogP contribution in [0.3, 0.4) is 0 Å². The van der Waals surface area contributed by atoms with E-state index in [-0.39, 0.29) is 35.5 Å². The number of esters is 1. The number of methoxy groups -OCH3 is 1. The van der Waals surface area contributed by atoms with E-state index in [9.17, 15) is 14.4 Å². The predicted molar refractivity (Wildman–Crippen MR) is 148 cm³/mol. The number of anilines is 1. The fraction of sp³-hybridized carbons (Fsp3) is 0.760. The highest BCUT2D eigenvalue weighted by molar-refractivity contribution is 7.13. The van der Waals surface area contributed by atoms with Crippen LogP contribution in [-0.2, 0) is 18.7 Å². The van der Waals surface area contributed by atoms with Crippen LogP contribution in [0.4, 0.5) is 9.93 Å². The second kappa shape index (κ2) is 11.7. The molecule has 1 N–H and O–H groups in total. The Hall–Kier alpha value is -2.18. The zero-order chi connectivity index (χ0) is 28.3. The standard InChI is InChI=1S/C25H44N4O6SSi/c1-16-12-28(13-17(2)29(16)23(32)35-24(3,4)5)22-27-19(15-36-22)20(30)26-18(21(31)33-9)14-34-37(10,11)25(6,7)8/h15-18H,12-14H2,1-11H3,(H,26,30)/t16-,17+,18-/m0/s1. The smallest absolute Gasteiger partial charge is 0.410 e. The molecule has 0 unspecified atom stereocenters. The largest absolute Gasteiger partial charge is 0.467 e. The van der Waals surface area contributed by atoms with Crippen LogP contribution in [0.1, 0.15) is 65.9 Å². The number of nitrogens with one attached hydrogen (secondary N) is 1. The summed E-state index contributed by atoms with van der Waals surface area (Å²) in [5.74, 6) is -1.03. The summed E-state index contributed by atoms with van der Waals surface area (Å²) in [5.41, 5.74) is -0.348. The Morgan fingerprint density at radius 3 is 2.19 bits per heavy atom. The first-order valence-corrected chi connectivity index (χ1v) is 16.4. The third-order valence-electron chi connectivity index (χ3n) is 6.73. The molecule has 37 heavy (non-hydrogen) atoms. The summed E-state index contributed by atoms with van der Waals surface area (Å²) in [6.07, 6.45) is -0.333. The van der Waals surface area contributed by atoms with Crippen LogP contribution >= 0.6 is 11.3 Å². The number of hydrogen-bond donors (Lipinski definition) is 1. The Kier molecular flexibility index (Phi) is 9.81. The van der Waals surface area contributed by atoms with Crippen molar-refractivity contribution in [3.8, 4) is 0 Å². The number of hydrogen-bond acceptors (Lipinski definition) is 9. The van der Waals surface area contributed by atoms with Crippen LogP contribution in [0.15, 0.2) is 5.38 Å². The Morgan fingerprint density at radius 1 is 1.14 bits per heavy atom. The van der Waals surface area contributed by atoms with E-state index in [2.05, 4.69) is 49.1 Å². The number of rotatable bonds is 7. The third-order valence-corrected chi connectivity index (χ3v) is 12.1. The highest BCUT2D eigenvalue weighted by atomic mass is 32.1. The monoisotopic (exact) mass is 556 g/mol. The van der Waals surface area contributed by atoms with Crippen LogP contribution in [0, 0.1) is 0 Å². The second-order valence-electron chi connectivity index (χ2n) is 12.1. The number of carbonyl (C=O) groups is 3. The number of carbonyl (C=O) groups excluding carboxylic acids is 3. The number of thiazole rings is 1. The Bertz CT molecular complexity index is 959. The number of piperazine rings is 1. The van der Waals surface area contributed by atoms with Gasteiger partial charge in [0.1, 0.15) is 17.3 Å². The van der Waals surface area contributed by atoms with Gasteiger partial charge in [-0.2, -0.15) is 0 Å². The van der Waals surface area contributed by atoms with Crippen LogP contribution in [0.25, 0.3) is 0 Å². The average Bonchev–Trinajstić information content (AvgIpc) is 3.24. The van der Waals surface area contributed by atoms with Crippen molar-refractivity contribution in [2.75, 3.05) is 31.7 Å². The normalized spacial score (nSPS) is 19.9. The van der Waals surface area contributed by atoms with Crippen LogP contribution in [0.2, 0.25) is 18.1 Å². The molecule has 1 fully saturated rings. The van der Waals surface area contributed by atoms with Crippen LogP contribution in [0.5, 0.6) is 0 Å². The zero-order valence-electron chi connectivity index (χ0n) is 24.1. The molecule has 0 radical (unpaired) electrons. The van der Waals surface area contributed by atoms with Gasteiger partial charge in [-0.1, -0.05) is 20.8 Å². The molecule has 10 nitrogen and oxygen atoms in total. The number of aromatic nitrogens is 1. The summed E-state index contributed by atoms with van der Waals surface area (Å²) in [4.78, 5) is 46.4. The first kappa shape index (κ1) is 31.0. The molecule has 1 saturated heterocycles. The van der Waals surface area contributed by atoms with Gasteiger partial charge in [-0.25, -0.2) is 14.6 Å². The lowest BCUT2D eigenvalue weighted by Crippen LogP contribution is -2.59. The molecule has 2 heterocycles. The zero-order valence-corrected chi connectivity index (χ0v) is 25.9.